The van der Waals surface area contributed by atoms with Gasteiger partial charge in [-0.1, -0.05) is 54.1 Å². The number of hydrogen-bond donors (Lipinski definition) is 1. The molecule has 0 amide bonds. The van der Waals surface area contributed by atoms with E-state index in [1.807, 2.05) is 24.3 Å². The van der Waals surface area contributed by atoms with Gasteiger partial charge in [-0.3, -0.25) is 0 Å². The fraction of sp³-hybridized carbons (Fsp3) is 0. The van der Waals surface area contributed by atoms with E-state index >= 15 is 0 Å². The first-order valence-electron chi connectivity index (χ1n) is 5.37. The smallest absolute Gasteiger partial charge is 0.141 e. The lowest BCUT2D eigenvalue weighted by Crippen LogP contribution is -1.89. The number of aliphatic hydroxyl groups is 1. The van der Waals surface area contributed by atoms with Gasteiger partial charge in [-0.05, 0) is 17.7 Å². The Balaban J connectivity index is 2.52. The molecule has 0 heterocycles. The van der Waals surface area contributed by atoms with E-state index in [2.05, 4.69) is 0 Å². The highest BCUT2D eigenvalue weighted by Crippen LogP contribution is 2.24. The first-order chi connectivity index (χ1) is 8.72. The molecule has 0 saturated heterocycles. The molecule has 1 N–H and O–H groups in total. The fourth-order valence-corrected chi connectivity index (χ4v) is 1.74. The van der Waals surface area contributed by atoms with Gasteiger partial charge in [-0.15, -0.1) is 0 Å². The van der Waals surface area contributed by atoms with Crippen molar-refractivity contribution >= 4 is 22.9 Å². The van der Waals surface area contributed by atoms with Crippen molar-refractivity contribution in [2.24, 2.45) is 0 Å². The van der Waals surface area contributed by atoms with Gasteiger partial charge in [0.1, 0.15) is 17.4 Å². The van der Waals surface area contributed by atoms with Crippen LogP contribution < -0.4 is 0 Å². The summed E-state index contributed by atoms with van der Waals surface area (Å²) in [6, 6.07) is 17.8. The van der Waals surface area contributed by atoms with Crippen LogP contribution in [-0.2, 0) is 0 Å². The number of nitrogens with zero attached hydrogens (tertiary/aromatic N) is 1. The number of benzene rings is 2. The average Bonchev–Trinajstić information content (AvgIpc) is 2.42. The van der Waals surface area contributed by atoms with E-state index in [1.54, 1.807) is 36.4 Å². The van der Waals surface area contributed by atoms with Crippen molar-refractivity contribution in [3.05, 3.63) is 70.7 Å². The predicted octanol–water partition coefficient (Wildman–Crippen LogP) is 4.29. The van der Waals surface area contributed by atoms with Crippen molar-refractivity contribution in [3.63, 3.8) is 0 Å². The quantitative estimate of drug-likeness (QED) is 0.494. The number of halogens is 1. The zero-order chi connectivity index (χ0) is 13.0. The van der Waals surface area contributed by atoms with E-state index in [0.29, 0.717) is 16.1 Å². The summed E-state index contributed by atoms with van der Waals surface area (Å²) in [6.07, 6.45) is 0. The summed E-state index contributed by atoms with van der Waals surface area (Å²) < 4.78 is 0. The highest BCUT2D eigenvalue weighted by atomic mass is 35.5. The lowest BCUT2D eigenvalue weighted by atomic mass is 10.0. The largest absolute Gasteiger partial charge is 0.506 e. The van der Waals surface area contributed by atoms with Gasteiger partial charge in [-0.2, -0.15) is 5.26 Å². The van der Waals surface area contributed by atoms with E-state index in [4.69, 9.17) is 11.6 Å². The van der Waals surface area contributed by atoms with Crippen LogP contribution in [0.2, 0.25) is 5.02 Å². The maximum Gasteiger partial charge on any atom is 0.141 e. The first-order valence-corrected chi connectivity index (χ1v) is 5.75. The zero-order valence-electron chi connectivity index (χ0n) is 9.47. The SMILES string of the molecule is N#CC(=C(O)c1ccccc1)c1ccc(Cl)cc1. The second-order valence-electron chi connectivity index (χ2n) is 3.71. The van der Waals surface area contributed by atoms with Crippen molar-refractivity contribution in [2.75, 3.05) is 0 Å². The van der Waals surface area contributed by atoms with Crippen LogP contribution in [0, 0.1) is 11.3 Å². The summed E-state index contributed by atoms with van der Waals surface area (Å²) in [5, 5.41) is 19.9. The summed E-state index contributed by atoms with van der Waals surface area (Å²) in [5.41, 5.74) is 1.49. The van der Waals surface area contributed by atoms with Crippen LogP contribution in [0.1, 0.15) is 11.1 Å². The Morgan fingerprint density at radius 3 is 2.11 bits per heavy atom. The number of hydrogen-bond acceptors (Lipinski definition) is 2. The van der Waals surface area contributed by atoms with Gasteiger partial charge in [0.05, 0.1) is 0 Å². The normalized spacial score (nSPS) is 11.6. The third-order valence-corrected chi connectivity index (χ3v) is 2.78. The molecule has 0 fully saturated rings. The summed E-state index contributed by atoms with van der Waals surface area (Å²) in [5.74, 6) is -0.0274. The molecule has 3 heteroatoms. The van der Waals surface area contributed by atoms with E-state index in [1.165, 1.54) is 0 Å². The molecule has 0 radical (unpaired) electrons. The summed E-state index contributed by atoms with van der Waals surface area (Å²) in [7, 11) is 0. The van der Waals surface area contributed by atoms with E-state index in [0.717, 1.165) is 0 Å². The molecule has 0 atom stereocenters. The van der Waals surface area contributed by atoms with Gasteiger partial charge in [0.25, 0.3) is 0 Å². The number of allylic oxidation sites excluding steroid dienone is 1. The molecule has 0 aliphatic heterocycles. The predicted molar refractivity (Wildman–Crippen MR) is 72.9 cm³/mol. The minimum Gasteiger partial charge on any atom is -0.506 e. The molecule has 18 heavy (non-hydrogen) atoms. The van der Waals surface area contributed by atoms with Crippen LogP contribution in [0.3, 0.4) is 0 Å². The third kappa shape index (κ3) is 2.53. The van der Waals surface area contributed by atoms with Gasteiger partial charge in [0, 0.05) is 10.6 Å². The molecule has 2 aromatic carbocycles. The van der Waals surface area contributed by atoms with Gasteiger partial charge in [0.2, 0.25) is 0 Å². The molecule has 0 saturated carbocycles. The number of nitriles is 1. The third-order valence-electron chi connectivity index (χ3n) is 2.53. The summed E-state index contributed by atoms with van der Waals surface area (Å²) in [4.78, 5) is 0. The minimum absolute atomic E-state index is 0.0274. The molecule has 2 nitrogen and oxygen atoms in total. The molecule has 88 valence electrons. The maximum atomic E-state index is 10.1. The second kappa shape index (κ2) is 5.39. The van der Waals surface area contributed by atoms with Crippen LogP contribution in [0.25, 0.3) is 11.3 Å². The lowest BCUT2D eigenvalue weighted by molar-refractivity contribution is 0.514. The average molecular weight is 256 g/mol. The van der Waals surface area contributed by atoms with Gasteiger partial charge < -0.3 is 5.11 Å². The highest BCUT2D eigenvalue weighted by Gasteiger charge is 2.09. The van der Waals surface area contributed by atoms with Crippen molar-refractivity contribution < 1.29 is 5.11 Å². The van der Waals surface area contributed by atoms with Crippen LogP contribution in [0.5, 0.6) is 0 Å². The minimum atomic E-state index is -0.0274. The molecular formula is C15H10ClNO. The summed E-state index contributed by atoms with van der Waals surface area (Å²) >= 11 is 5.79. The van der Waals surface area contributed by atoms with Crippen LogP contribution in [-0.4, -0.2) is 5.11 Å². The molecule has 0 spiro atoms. The molecule has 2 aromatic rings. The van der Waals surface area contributed by atoms with E-state index in [-0.39, 0.29) is 11.3 Å². The molecule has 0 aliphatic rings. The maximum absolute atomic E-state index is 10.1. The number of rotatable bonds is 2. The van der Waals surface area contributed by atoms with Gasteiger partial charge in [0.15, 0.2) is 0 Å². The van der Waals surface area contributed by atoms with Crippen LogP contribution in [0.15, 0.2) is 54.6 Å². The molecule has 2 rings (SSSR count). The Labute approximate surface area is 110 Å². The molecular weight excluding hydrogens is 246 g/mol. The van der Waals surface area contributed by atoms with E-state index in [9.17, 15) is 10.4 Å². The van der Waals surface area contributed by atoms with Crippen molar-refractivity contribution in [1.82, 2.24) is 0 Å². The molecule has 0 unspecified atom stereocenters. The Morgan fingerprint density at radius 2 is 1.56 bits per heavy atom. The van der Waals surface area contributed by atoms with Gasteiger partial charge >= 0.3 is 0 Å². The van der Waals surface area contributed by atoms with Crippen LogP contribution >= 0.6 is 11.6 Å². The highest BCUT2D eigenvalue weighted by molar-refractivity contribution is 6.30. The zero-order valence-corrected chi connectivity index (χ0v) is 10.2. The van der Waals surface area contributed by atoms with Crippen molar-refractivity contribution in [3.8, 4) is 6.07 Å². The van der Waals surface area contributed by atoms with Crippen molar-refractivity contribution in [2.45, 2.75) is 0 Å². The van der Waals surface area contributed by atoms with Crippen LogP contribution in [0.4, 0.5) is 0 Å². The molecule has 0 aromatic heterocycles. The second-order valence-corrected chi connectivity index (χ2v) is 4.14. The topological polar surface area (TPSA) is 44.0 Å². The fourth-order valence-electron chi connectivity index (χ4n) is 1.61. The Morgan fingerprint density at radius 1 is 0.944 bits per heavy atom. The monoisotopic (exact) mass is 255 g/mol. The Hall–Kier alpha value is -2.24. The van der Waals surface area contributed by atoms with E-state index < -0.39 is 0 Å². The molecule has 0 bridgehead atoms. The lowest BCUT2D eigenvalue weighted by Gasteiger charge is -2.05. The Kier molecular flexibility index (Phi) is 3.66. The number of aliphatic hydroxyl groups excluding tert-OH is 1. The first kappa shape index (κ1) is 12.2. The van der Waals surface area contributed by atoms with Gasteiger partial charge in [-0.25, -0.2) is 0 Å². The summed E-state index contributed by atoms with van der Waals surface area (Å²) in [6.45, 7) is 0. The standard InChI is InChI=1S/C15H10ClNO/c16-13-8-6-11(7-9-13)14(10-17)15(18)12-4-2-1-3-5-12/h1-9,18H. The molecule has 0 aliphatic carbocycles. The Bertz CT molecular complexity index is 609. The van der Waals surface area contributed by atoms with Crippen molar-refractivity contribution in [1.29, 1.82) is 5.26 Å².